The minimum atomic E-state index is -0.387. The number of rotatable bonds is 4. The second kappa shape index (κ2) is 6.57. The molecule has 2 aromatic carbocycles. The number of nitrogens with two attached hydrogens (primary N) is 1. The van der Waals surface area contributed by atoms with Crippen LogP contribution in [-0.4, -0.2) is 7.11 Å². The van der Waals surface area contributed by atoms with Crippen molar-refractivity contribution in [1.29, 1.82) is 0 Å². The molecule has 0 fully saturated rings. The van der Waals surface area contributed by atoms with Crippen LogP contribution in [0.15, 0.2) is 40.9 Å². The number of hydrogen-bond donors (Lipinski definition) is 1. The van der Waals surface area contributed by atoms with Gasteiger partial charge in [0, 0.05) is 10.5 Å². The summed E-state index contributed by atoms with van der Waals surface area (Å²) in [5.74, 6) is -0.161. The quantitative estimate of drug-likeness (QED) is 0.874. The predicted molar refractivity (Wildman–Crippen MR) is 82.7 cm³/mol. The van der Waals surface area contributed by atoms with Crippen molar-refractivity contribution in [2.45, 2.75) is 12.5 Å². The first-order valence-electron chi connectivity index (χ1n) is 6.05. The second-order valence-electron chi connectivity index (χ2n) is 4.39. The van der Waals surface area contributed by atoms with E-state index in [-0.39, 0.29) is 17.6 Å². The summed E-state index contributed by atoms with van der Waals surface area (Å²) >= 11 is 9.56. The lowest BCUT2D eigenvalue weighted by Gasteiger charge is -2.16. The van der Waals surface area contributed by atoms with Crippen molar-refractivity contribution < 1.29 is 9.13 Å². The van der Waals surface area contributed by atoms with Crippen molar-refractivity contribution in [3.05, 3.63) is 62.8 Å². The van der Waals surface area contributed by atoms with Crippen molar-refractivity contribution in [2.24, 2.45) is 5.73 Å². The topological polar surface area (TPSA) is 35.2 Å². The number of methoxy groups -OCH3 is 1. The summed E-state index contributed by atoms with van der Waals surface area (Å²) in [6, 6.07) is 10.2. The Morgan fingerprint density at radius 1 is 1.30 bits per heavy atom. The summed E-state index contributed by atoms with van der Waals surface area (Å²) < 4.78 is 19.8. The Labute approximate surface area is 130 Å². The SMILES string of the molecule is COc1cccc(CC(N)c2cccc(Br)c2Cl)c1F. The molecule has 106 valence electrons. The molecule has 2 rings (SSSR count). The molecule has 1 unspecified atom stereocenters. The summed E-state index contributed by atoms with van der Waals surface area (Å²) in [6.45, 7) is 0. The fourth-order valence-corrected chi connectivity index (χ4v) is 2.67. The third-order valence-corrected chi connectivity index (χ3v) is 4.39. The van der Waals surface area contributed by atoms with Crippen LogP contribution < -0.4 is 10.5 Å². The van der Waals surface area contributed by atoms with Crippen LogP contribution >= 0.6 is 27.5 Å². The van der Waals surface area contributed by atoms with Crippen LogP contribution in [-0.2, 0) is 6.42 Å². The van der Waals surface area contributed by atoms with E-state index >= 15 is 0 Å². The molecule has 5 heteroatoms. The molecular weight excluding hydrogens is 345 g/mol. The lowest BCUT2D eigenvalue weighted by Crippen LogP contribution is -2.15. The van der Waals surface area contributed by atoms with Gasteiger partial charge in [0.15, 0.2) is 11.6 Å². The summed E-state index contributed by atoms with van der Waals surface area (Å²) in [7, 11) is 1.44. The molecular formula is C15H14BrClFNO. The van der Waals surface area contributed by atoms with Gasteiger partial charge in [-0.15, -0.1) is 0 Å². The minimum absolute atomic E-state index is 0.218. The molecule has 0 aliphatic rings. The summed E-state index contributed by atoms with van der Waals surface area (Å²) in [5.41, 5.74) is 7.43. The summed E-state index contributed by atoms with van der Waals surface area (Å²) in [6.07, 6.45) is 0.346. The predicted octanol–water partition coefficient (Wildman–Crippen LogP) is 4.49. The van der Waals surface area contributed by atoms with E-state index in [1.165, 1.54) is 7.11 Å². The zero-order valence-corrected chi connectivity index (χ0v) is 13.2. The van der Waals surface area contributed by atoms with E-state index in [0.29, 0.717) is 17.0 Å². The molecule has 0 amide bonds. The van der Waals surface area contributed by atoms with Gasteiger partial charge in [0.2, 0.25) is 0 Å². The maximum Gasteiger partial charge on any atom is 0.168 e. The van der Waals surface area contributed by atoms with E-state index in [2.05, 4.69) is 15.9 Å². The van der Waals surface area contributed by atoms with Gasteiger partial charge in [-0.25, -0.2) is 4.39 Å². The number of halogens is 3. The normalized spacial score (nSPS) is 12.2. The van der Waals surface area contributed by atoms with Crippen molar-refractivity contribution in [1.82, 2.24) is 0 Å². The zero-order valence-electron chi connectivity index (χ0n) is 10.9. The molecule has 0 bridgehead atoms. The van der Waals surface area contributed by atoms with Gasteiger partial charge < -0.3 is 10.5 Å². The molecule has 0 heterocycles. The van der Waals surface area contributed by atoms with Gasteiger partial charge in [0.05, 0.1) is 12.1 Å². The molecule has 2 nitrogen and oxygen atoms in total. The molecule has 0 aromatic heterocycles. The minimum Gasteiger partial charge on any atom is -0.494 e. The fraction of sp³-hybridized carbons (Fsp3) is 0.200. The molecule has 0 aliphatic carbocycles. The fourth-order valence-electron chi connectivity index (χ4n) is 2.03. The molecule has 0 saturated carbocycles. The molecule has 0 radical (unpaired) electrons. The highest BCUT2D eigenvalue weighted by atomic mass is 79.9. The first-order chi connectivity index (χ1) is 9.54. The van der Waals surface area contributed by atoms with Crippen LogP contribution in [0.3, 0.4) is 0 Å². The Kier molecular flexibility index (Phi) is 5.02. The highest BCUT2D eigenvalue weighted by Gasteiger charge is 2.16. The van der Waals surface area contributed by atoms with Crippen molar-refractivity contribution in [3.63, 3.8) is 0 Å². The van der Waals surface area contributed by atoms with Gasteiger partial charge in [-0.3, -0.25) is 0 Å². The maximum absolute atomic E-state index is 14.1. The Balaban J connectivity index is 2.28. The second-order valence-corrected chi connectivity index (χ2v) is 5.62. The van der Waals surface area contributed by atoms with Crippen LogP contribution in [0.25, 0.3) is 0 Å². The average Bonchev–Trinajstić information content (AvgIpc) is 2.44. The molecule has 1 atom stereocenters. The van der Waals surface area contributed by atoms with E-state index in [1.54, 1.807) is 18.2 Å². The van der Waals surface area contributed by atoms with E-state index in [1.807, 2.05) is 18.2 Å². The third kappa shape index (κ3) is 3.14. The first kappa shape index (κ1) is 15.3. The Bertz CT molecular complexity index is 621. The van der Waals surface area contributed by atoms with Crippen LogP contribution in [0.1, 0.15) is 17.2 Å². The Morgan fingerprint density at radius 3 is 2.70 bits per heavy atom. The van der Waals surface area contributed by atoms with Gasteiger partial charge in [-0.2, -0.15) is 0 Å². The maximum atomic E-state index is 14.1. The summed E-state index contributed by atoms with van der Waals surface area (Å²) in [5, 5.41) is 0.559. The number of ether oxygens (including phenoxy) is 1. The Morgan fingerprint density at radius 2 is 2.00 bits per heavy atom. The lowest BCUT2D eigenvalue weighted by molar-refractivity contribution is 0.383. The van der Waals surface area contributed by atoms with Gasteiger partial charge in [-0.1, -0.05) is 35.9 Å². The van der Waals surface area contributed by atoms with Crippen molar-refractivity contribution in [3.8, 4) is 5.75 Å². The van der Waals surface area contributed by atoms with Gasteiger partial charge in [0.1, 0.15) is 0 Å². The van der Waals surface area contributed by atoms with Crippen molar-refractivity contribution in [2.75, 3.05) is 7.11 Å². The largest absolute Gasteiger partial charge is 0.494 e. The van der Waals surface area contributed by atoms with E-state index in [9.17, 15) is 4.39 Å². The molecule has 2 N–H and O–H groups in total. The van der Waals surface area contributed by atoms with E-state index in [4.69, 9.17) is 22.1 Å². The zero-order chi connectivity index (χ0) is 14.7. The Hall–Kier alpha value is -1.10. The van der Waals surface area contributed by atoms with E-state index in [0.717, 1.165) is 10.0 Å². The van der Waals surface area contributed by atoms with Crippen LogP contribution in [0.4, 0.5) is 4.39 Å². The standard InChI is InChI=1S/C15H14BrClFNO/c1-20-13-7-2-4-9(15(13)18)8-12(19)10-5-3-6-11(16)14(10)17/h2-7,12H,8,19H2,1H3. The molecule has 0 spiro atoms. The highest BCUT2D eigenvalue weighted by molar-refractivity contribution is 9.10. The van der Waals surface area contributed by atoms with Crippen LogP contribution in [0.5, 0.6) is 5.75 Å². The average molecular weight is 359 g/mol. The third-order valence-electron chi connectivity index (χ3n) is 3.08. The van der Waals surface area contributed by atoms with Gasteiger partial charge in [0.25, 0.3) is 0 Å². The first-order valence-corrected chi connectivity index (χ1v) is 7.22. The molecule has 0 aliphatic heterocycles. The number of benzene rings is 2. The van der Waals surface area contributed by atoms with Gasteiger partial charge in [-0.05, 0) is 45.6 Å². The van der Waals surface area contributed by atoms with E-state index < -0.39 is 0 Å². The lowest BCUT2D eigenvalue weighted by atomic mass is 9.99. The number of hydrogen-bond acceptors (Lipinski definition) is 2. The highest BCUT2D eigenvalue weighted by Crippen LogP contribution is 2.31. The van der Waals surface area contributed by atoms with Gasteiger partial charge >= 0.3 is 0 Å². The monoisotopic (exact) mass is 357 g/mol. The molecule has 0 saturated heterocycles. The summed E-state index contributed by atoms with van der Waals surface area (Å²) in [4.78, 5) is 0. The van der Waals surface area contributed by atoms with Crippen molar-refractivity contribution >= 4 is 27.5 Å². The van der Waals surface area contributed by atoms with Crippen LogP contribution in [0.2, 0.25) is 5.02 Å². The molecule has 2 aromatic rings. The molecule has 20 heavy (non-hydrogen) atoms. The smallest absolute Gasteiger partial charge is 0.168 e. The van der Waals surface area contributed by atoms with Crippen LogP contribution in [0, 0.1) is 5.82 Å².